The minimum Gasteiger partial charge on any atom is -0.380 e. The van der Waals surface area contributed by atoms with Gasteiger partial charge in [0.25, 0.3) is 0 Å². The maximum absolute atomic E-state index is 6.15. The van der Waals surface area contributed by atoms with E-state index in [1.807, 2.05) is 31.2 Å². The molecule has 1 aromatic heterocycles. The normalized spacial score (nSPS) is 10.9. The highest BCUT2D eigenvalue weighted by Crippen LogP contribution is 2.25. The maximum atomic E-state index is 6.15. The minimum atomic E-state index is 0.560. The number of hydrogen-bond donors (Lipinski definition) is 0. The summed E-state index contributed by atoms with van der Waals surface area (Å²) in [5.74, 6) is 0. The highest BCUT2D eigenvalue weighted by molar-refractivity contribution is 6.35. The predicted octanol–water partition coefficient (Wildman–Crippen LogP) is 3.34. The molecule has 0 radical (unpaired) electrons. The summed E-state index contributed by atoms with van der Waals surface area (Å²) in [5.41, 5.74) is 2.93. The zero-order chi connectivity index (χ0) is 10.8. The fourth-order valence-electron chi connectivity index (χ4n) is 1.66. The third-order valence-electron chi connectivity index (χ3n) is 2.30. The highest BCUT2D eigenvalue weighted by atomic mass is 35.5. The number of rotatable bonds is 2. The largest absolute Gasteiger partial charge is 0.380 e. The van der Waals surface area contributed by atoms with Gasteiger partial charge in [0, 0.05) is 23.8 Å². The Bertz CT molecular complexity index is 496. The average Bonchev–Trinajstić information content (AvgIpc) is 2.19. The van der Waals surface area contributed by atoms with E-state index in [0.717, 1.165) is 27.2 Å². The molecule has 0 aliphatic carbocycles. The van der Waals surface area contributed by atoms with Crippen LogP contribution in [-0.2, 0) is 11.3 Å². The Kier molecular flexibility index (Phi) is 2.89. The number of para-hydroxylation sites is 1. The Hall–Kier alpha value is -1.12. The molecule has 78 valence electrons. The molecule has 1 aromatic carbocycles. The van der Waals surface area contributed by atoms with Crippen molar-refractivity contribution in [2.75, 3.05) is 7.11 Å². The summed E-state index contributed by atoms with van der Waals surface area (Å²) >= 11 is 6.15. The lowest BCUT2D eigenvalue weighted by atomic mass is 10.1. The van der Waals surface area contributed by atoms with E-state index in [1.54, 1.807) is 7.11 Å². The minimum absolute atomic E-state index is 0.560. The van der Waals surface area contributed by atoms with E-state index >= 15 is 0 Å². The van der Waals surface area contributed by atoms with Gasteiger partial charge >= 0.3 is 0 Å². The molecule has 0 unspecified atom stereocenters. The number of fused-ring (bicyclic) bond motifs is 1. The zero-order valence-electron chi connectivity index (χ0n) is 8.75. The highest BCUT2D eigenvalue weighted by Gasteiger charge is 2.05. The number of halogens is 1. The molecule has 1 heterocycles. The molecule has 0 N–H and O–H groups in total. The second kappa shape index (κ2) is 4.17. The number of aryl methyl sites for hydroxylation is 1. The van der Waals surface area contributed by atoms with E-state index < -0.39 is 0 Å². The lowest BCUT2D eigenvalue weighted by molar-refractivity contribution is 0.186. The van der Waals surface area contributed by atoms with Crippen LogP contribution >= 0.6 is 11.6 Å². The van der Waals surface area contributed by atoms with E-state index in [4.69, 9.17) is 16.3 Å². The first-order chi connectivity index (χ1) is 7.22. The third kappa shape index (κ3) is 1.96. The summed E-state index contributed by atoms with van der Waals surface area (Å²) in [6, 6.07) is 7.83. The first-order valence-electron chi connectivity index (χ1n) is 4.76. The monoisotopic (exact) mass is 221 g/mol. The van der Waals surface area contributed by atoms with Gasteiger partial charge in [-0.05, 0) is 13.0 Å². The van der Waals surface area contributed by atoms with Gasteiger partial charge in [0.2, 0.25) is 0 Å². The smallest absolute Gasteiger partial charge is 0.0775 e. The van der Waals surface area contributed by atoms with Crippen molar-refractivity contribution in [3.63, 3.8) is 0 Å². The maximum Gasteiger partial charge on any atom is 0.0775 e. The van der Waals surface area contributed by atoms with Crippen molar-refractivity contribution < 1.29 is 4.74 Å². The fraction of sp³-hybridized carbons (Fsp3) is 0.250. The number of pyridine rings is 1. The Labute approximate surface area is 93.8 Å². The second-order valence-corrected chi connectivity index (χ2v) is 3.90. The number of ether oxygens (including phenoxy) is 1. The Morgan fingerprint density at radius 3 is 2.93 bits per heavy atom. The van der Waals surface area contributed by atoms with Crippen LogP contribution < -0.4 is 0 Å². The van der Waals surface area contributed by atoms with E-state index in [-0.39, 0.29) is 0 Å². The predicted molar refractivity (Wildman–Crippen MR) is 62.2 cm³/mol. The standard InChI is InChI=1S/C12H12ClNO/c1-8-6-11(13)10-5-3-4-9(7-15-2)12(10)14-8/h3-6H,7H2,1-2H3. The van der Waals surface area contributed by atoms with Crippen LogP contribution in [0.1, 0.15) is 11.3 Å². The molecule has 0 spiro atoms. The molecule has 0 bridgehead atoms. The van der Waals surface area contributed by atoms with E-state index in [0.29, 0.717) is 6.61 Å². The lowest BCUT2D eigenvalue weighted by Gasteiger charge is -2.07. The molecule has 0 saturated carbocycles. The molecule has 0 aliphatic rings. The van der Waals surface area contributed by atoms with Crippen molar-refractivity contribution in [1.82, 2.24) is 4.98 Å². The molecule has 0 amide bonds. The Morgan fingerprint density at radius 2 is 2.20 bits per heavy atom. The van der Waals surface area contributed by atoms with Crippen molar-refractivity contribution >= 4 is 22.5 Å². The molecule has 2 aromatic rings. The van der Waals surface area contributed by atoms with Crippen LogP contribution in [0.5, 0.6) is 0 Å². The summed E-state index contributed by atoms with van der Waals surface area (Å²) < 4.78 is 5.13. The molecule has 0 atom stereocenters. The average molecular weight is 222 g/mol. The van der Waals surface area contributed by atoms with Gasteiger partial charge in [-0.25, -0.2) is 0 Å². The van der Waals surface area contributed by atoms with Crippen LogP contribution in [0.3, 0.4) is 0 Å². The number of hydrogen-bond acceptors (Lipinski definition) is 2. The Balaban J connectivity index is 2.73. The lowest BCUT2D eigenvalue weighted by Crippen LogP contribution is -1.93. The quantitative estimate of drug-likeness (QED) is 0.776. The van der Waals surface area contributed by atoms with Gasteiger partial charge in [-0.15, -0.1) is 0 Å². The van der Waals surface area contributed by atoms with Crippen LogP contribution in [-0.4, -0.2) is 12.1 Å². The summed E-state index contributed by atoms with van der Waals surface area (Å²) in [5, 5.41) is 1.73. The van der Waals surface area contributed by atoms with Gasteiger partial charge in [-0.2, -0.15) is 0 Å². The first-order valence-corrected chi connectivity index (χ1v) is 5.14. The van der Waals surface area contributed by atoms with E-state index in [2.05, 4.69) is 4.98 Å². The molecule has 0 saturated heterocycles. The Morgan fingerprint density at radius 1 is 1.40 bits per heavy atom. The van der Waals surface area contributed by atoms with Crippen molar-refractivity contribution in [3.05, 3.63) is 40.5 Å². The summed E-state index contributed by atoms with van der Waals surface area (Å²) in [4.78, 5) is 4.49. The van der Waals surface area contributed by atoms with Gasteiger partial charge in [0.05, 0.1) is 17.1 Å². The van der Waals surface area contributed by atoms with Crippen LogP contribution in [0.25, 0.3) is 10.9 Å². The van der Waals surface area contributed by atoms with Crippen molar-refractivity contribution in [1.29, 1.82) is 0 Å². The first kappa shape index (κ1) is 10.4. The van der Waals surface area contributed by atoms with Crippen molar-refractivity contribution in [2.24, 2.45) is 0 Å². The van der Waals surface area contributed by atoms with Gasteiger partial charge in [0.15, 0.2) is 0 Å². The van der Waals surface area contributed by atoms with Gasteiger partial charge in [0.1, 0.15) is 0 Å². The second-order valence-electron chi connectivity index (χ2n) is 3.49. The number of benzene rings is 1. The number of methoxy groups -OCH3 is 1. The molecule has 15 heavy (non-hydrogen) atoms. The molecular weight excluding hydrogens is 210 g/mol. The molecule has 2 nitrogen and oxygen atoms in total. The van der Waals surface area contributed by atoms with Crippen LogP contribution in [0.2, 0.25) is 5.02 Å². The molecule has 0 aliphatic heterocycles. The van der Waals surface area contributed by atoms with Gasteiger partial charge < -0.3 is 4.74 Å². The molecule has 3 heteroatoms. The third-order valence-corrected chi connectivity index (χ3v) is 2.61. The van der Waals surface area contributed by atoms with Crippen LogP contribution in [0, 0.1) is 6.92 Å². The molecular formula is C12H12ClNO. The molecule has 2 rings (SSSR count). The SMILES string of the molecule is COCc1cccc2c(Cl)cc(C)nc12. The fourth-order valence-corrected chi connectivity index (χ4v) is 1.97. The molecule has 0 fully saturated rings. The summed E-state index contributed by atoms with van der Waals surface area (Å²) in [7, 11) is 1.68. The van der Waals surface area contributed by atoms with Crippen molar-refractivity contribution in [2.45, 2.75) is 13.5 Å². The zero-order valence-corrected chi connectivity index (χ0v) is 9.51. The van der Waals surface area contributed by atoms with Crippen molar-refractivity contribution in [3.8, 4) is 0 Å². The van der Waals surface area contributed by atoms with Gasteiger partial charge in [-0.1, -0.05) is 29.8 Å². The number of nitrogens with zero attached hydrogens (tertiary/aromatic N) is 1. The van der Waals surface area contributed by atoms with Crippen LogP contribution in [0.15, 0.2) is 24.3 Å². The van der Waals surface area contributed by atoms with E-state index in [1.165, 1.54) is 0 Å². The summed E-state index contributed by atoms with van der Waals surface area (Å²) in [6.07, 6.45) is 0. The van der Waals surface area contributed by atoms with E-state index in [9.17, 15) is 0 Å². The number of aromatic nitrogens is 1. The van der Waals surface area contributed by atoms with Crippen LogP contribution in [0.4, 0.5) is 0 Å². The topological polar surface area (TPSA) is 22.1 Å². The summed E-state index contributed by atoms with van der Waals surface area (Å²) in [6.45, 7) is 2.50. The van der Waals surface area contributed by atoms with Gasteiger partial charge in [-0.3, -0.25) is 4.98 Å².